The molecule has 21 heavy (non-hydrogen) atoms. The number of thiophene rings is 1. The first kappa shape index (κ1) is 15.7. The molecular weight excluding hydrogens is 282 g/mol. The summed E-state index contributed by atoms with van der Waals surface area (Å²) in [6.45, 7) is 6.25. The van der Waals surface area contributed by atoms with Gasteiger partial charge in [0.15, 0.2) is 0 Å². The van der Waals surface area contributed by atoms with Crippen molar-refractivity contribution in [1.82, 2.24) is 4.98 Å². The maximum absolute atomic E-state index is 12.2. The van der Waals surface area contributed by atoms with Gasteiger partial charge >= 0.3 is 5.97 Å². The summed E-state index contributed by atoms with van der Waals surface area (Å²) in [4.78, 5) is 17.9. The lowest BCUT2D eigenvalue weighted by Gasteiger charge is -2.13. The van der Waals surface area contributed by atoms with E-state index in [9.17, 15) is 4.79 Å². The molecule has 0 bridgehead atoms. The summed E-state index contributed by atoms with van der Waals surface area (Å²) in [7, 11) is 0. The quantitative estimate of drug-likeness (QED) is 0.730. The van der Waals surface area contributed by atoms with E-state index in [1.54, 1.807) is 11.3 Å². The van der Waals surface area contributed by atoms with E-state index in [0.29, 0.717) is 12.2 Å². The Morgan fingerprint density at radius 1 is 1.38 bits per heavy atom. The Morgan fingerprint density at radius 3 is 2.81 bits per heavy atom. The number of esters is 1. The van der Waals surface area contributed by atoms with Gasteiger partial charge in [0, 0.05) is 0 Å². The van der Waals surface area contributed by atoms with Gasteiger partial charge in [0.2, 0.25) is 0 Å². The van der Waals surface area contributed by atoms with Gasteiger partial charge in [-0.1, -0.05) is 19.4 Å². The van der Waals surface area contributed by atoms with E-state index < -0.39 is 0 Å². The number of ether oxygens (including phenoxy) is 1. The molecule has 0 atom stereocenters. The van der Waals surface area contributed by atoms with Gasteiger partial charge in [0.1, 0.15) is 0 Å². The van der Waals surface area contributed by atoms with Crippen LogP contribution in [0.25, 0.3) is 10.6 Å². The molecule has 0 aliphatic rings. The Kier molecular flexibility index (Phi) is 5.51. The second-order valence-corrected chi connectivity index (χ2v) is 5.88. The van der Waals surface area contributed by atoms with Crippen LogP contribution in [-0.2, 0) is 11.2 Å². The molecule has 0 spiro atoms. The molecule has 0 aliphatic carbocycles. The van der Waals surface area contributed by atoms with Crippen molar-refractivity contribution >= 4 is 17.3 Å². The number of pyridine rings is 1. The van der Waals surface area contributed by atoms with Crippen molar-refractivity contribution in [1.29, 1.82) is 0 Å². The smallest absolute Gasteiger partial charge is 0.340 e. The molecule has 0 N–H and O–H groups in total. The van der Waals surface area contributed by atoms with Crippen LogP contribution >= 0.6 is 11.3 Å². The summed E-state index contributed by atoms with van der Waals surface area (Å²) < 4.78 is 5.18. The van der Waals surface area contributed by atoms with E-state index in [4.69, 9.17) is 4.74 Å². The summed E-state index contributed by atoms with van der Waals surface area (Å²) in [5.41, 5.74) is 3.39. The first-order chi connectivity index (χ1) is 10.2. The van der Waals surface area contributed by atoms with Crippen molar-refractivity contribution in [2.24, 2.45) is 0 Å². The van der Waals surface area contributed by atoms with Crippen LogP contribution in [0.1, 0.15) is 48.3 Å². The maximum atomic E-state index is 12.2. The summed E-state index contributed by atoms with van der Waals surface area (Å²) in [6, 6.07) is 6.11. The molecule has 0 fully saturated rings. The fourth-order valence-corrected chi connectivity index (χ4v) is 3.02. The van der Waals surface area contributed by atoms with E-state index >= 15 is 0 Å². The molecule has 0 aromatic carbocycles. The molecule has 112 valence electrons. The van der Waals surface area contributed by atoms with Crippen LogP contribution in [0.3, 0.4) is 0 Å². The van der Waals surface area contributed by atoms with Gasteiger partial charge in [-0.15, -0.1) is 11.3 Å². The van der Waals surface area contributed by atoms with Crippen molar-refractivity contribution in [3.8, 4) is 10.6 Å². The van der Waals surface area contributed by atoms with Crippen molar-refractivity contribution in [3.05, 3.63) is 40.4 Å². The maximum Gasteiger partial charge on any atom is 0.340 e. The largest absolute Gasteiger partial charge is 0.462 e. The van der Waals surface area contributed by atoms with Crippen LogP contribution in [0.2, 0.25) is 0 Å². The van der Waals surface area contributed by atoms with Crippen LogP contribution < -0.4 is 0 Å². The molecule has 3 nitrogen and oxygen atoms in total. The number of aryl methyl sites for hydroxylation is 2. The highest BCUT2D eigenvalue weighted by atomic mass is 32.1. The second kappa shape index (κ2) is 7.36. The average Bonchev–Trinajstić information content (AvgIpc) is 2.98. The highest BCUT2D eigenvalue weighted by Gasteiger charge is 2.18. The SMILES string of the molecule is CCCCc1cc(-c2cccs2)nc(C)c1C(=O)OCC. The van der Waals surface area contributed by atoms with Crippen LogP contribution in [0.5, 0.6) is 0 Å². The fraction of sp³-hybridized carbons (Fsp3) is 0.412. The van der Waals surface area contributed by atoms with Gasteiger partial charge in [-0.25, -0.2) is 4.79 Å². The van der Waals surface area contributed by atoms with Crippen LogP contribution in [0.15, 0.2) is 23.6 Å². The molecule has 2 heterocycles. The number of hydrogen-bond acceptors (Lipinski definition) is 4. The van der Waals surface area contributed by atoms with Gasteiger partial charge in [0.05, 0.1) is 28.4 Å². The van der Waals surface area contributed by atoms with Gasteiger partial charge < -0.3 is 4.74 Å². The predicted octanol–water partition coefficient (Wildman–Crippen LogP) is 4.64. The molecule has 0 saturated heterocycles. The molecule has 0 aliphatic heterocycles. The van der Waals surface area contributed by atoms with Gasteiger partial charge in [0.25, 0.3) is 0 Å². The number of carbonyl (C=O) groups is 1. The minimum absolute atomic E-state index is 0.258. The number of carbonyl (C=O) groups excluding carboxylic acids is 1. The highest BCUT2D eigenvalue weighted by molar-refractivity contribution is 7.13. The monoisotopic (exact) mass is 303 g/mol. The minimum atomic E-state index is -0.258. The first-order valence-electron chi connectivity index (χ1n) is 7.38. The molecule has 0 amide bonds. The zero-order chi connectivity index (χ0) is 15.2. The van der Waals surface area contributed by atoms with Crippen molar-refractivity contribution in [2.45, 2.75) is 40.0 Å². The molecule has 0 radical (unpaired) electrons. The van der Waals surface area contributed by atoms with Crippen LogP contribution in [0, 0.1) is 6.92 Å². The van der Waals surface area contributed by atoms with E-state index in [-0.39, 0.29) is 5.97 Å². The Balaban J connectivity index is 2.46. The molecule has 4 heteroatoms. The lowest BCUT2D eigenvalue weighted by Crippen LogP contribution is -2.12. The Hall–Kier alpha value is -1.68. The number of rotatable bonds is 6. The standard InChI is InChI=1S/C17H21NO2S/c1-4-6-8-13-11-14(15-9-7-10-21-15)18-12(3)16(13)17(19)20-5-2/h7,9-11H,4-6,8H2,1-3H3. The van der Waals surface area contributed by atoms with E-state index in [1.807, 2.05) is 31.4 Å². The van der Waals surface area contributed by atoms with Gasteiger partial charge in [-0.05, 0) is 49.8 Å². The average molecular weight is 303 g/mol. The molecule has 0 saturated carbocycles. The van der Waals surface area contributed by atoms with E-state index in [2.05, 4.69) is 18.0 Å². The molecule has 2 rings (SSSR count). The molecule has 2 aromatic heterocycles. The predicted molar refractivity (Wildman–Crippen MR) is 86.9 cm³/mol. The normalized spacial score (nSPS) is 10.6. The fourth-order valence-electron chi connectivity index (χ4n) is 2.34. The lowest BCUT2D eigenvalue weighted by atomic mass is 10.00. The van der Waals surface area contributed by atoms with Crippen molar-refractivity contribution < 1.29 is 9.53 Å². The van der Waals surface area contributed by atoms with E-state index in [1.165, 1.54) is 0 Å². The van der Waals surface area contributed by atoms with Crippen molar-refractivity contribution in [3.63, 3.8) is 0 Å². The zero-order valence-corrected chi connectivity index (χ0v) is 13.6. The summed E-state index contributed by atoms with van der Waals surface area (Å²) in [5.74, 6) is -0.258. The third-order valence-electron chi connectivity index (χ3n) is 3.33. The number of unbranched alkanes of at least 4 members (excludes halogenated alkanes) is 1. The Labute approximate surface area is 130 Å². The van der Waals surface area contributed by atoms with Crippen molar-refractivity contribution in [2.75, 3.05) is 6.61 Å². The Bertz CT molecular complexity index is 606. The highest BCUT2D eigenvalue weighted by Crippen LogP contribution is 2.27. The molecule has 2 aromatic rings. The van der Waals surface area contributed by atoms with Crippen LogP contribution in [0.4, 0.5) is 0 Å². The second-order valence-electron chi connectivity index (χ2n) is 4.93. The molecular formula is C17H21NO2S. The number of hydrogen-bond donors (Lipinski definition) is 0. The first-order valence-corrected chi connectivity index (χ1v) is 8.26. The summed E-state index contributed by atoms with van der Waals surface area (Å²) in [5, 5.41) is 2.04. The van der Waals surface area contributed by atoms with Gasteiger partial charge in [-0.2, -0.15) is 0 Å². The lowest BCUT2D eigenvalue weighted by molar-refractivity contribution is 0.0523. The third-order valence-corrected chi connectivity index (χ3v) is 4.23. The molecule has 0 unspecified atom stereocenters. The third kappa shape index (κ3) is 3.70. The summed E-state index contributed by atoms with van der Waals surface area (Å²) >= 11 is 1.66. The van der Waals surface area contributed by atoms with E-state index in [0.717, 1.165) is 41.1 Å². The number of aromatic nitrogens is 1. The zero-order valence-electron chi connectivity index (χ0n) is 12.8. The van der Waals surface area contributed by atoms with Crippen LogP contribution in [-0.4, -0.2) is 17.6 Å². The Morgan fingerprint density at radius 2 is 2.19 bits per heavy atom. The van der Waals surface area contributed by atoms with Gasteiger partial charge in [-0.3, -0.25) is 4.98 Å². The topological polar surface area (TPSA) is 39.2 Å². The minimum Gasteiger partial charge on any atom is -0.462 e. The summed E-state index contributed by atoms with van der Waals surface area (Å²) in [6.07, 6.45) is 3.03. The number of nitrogens with zero attached hydrogens (tertiary/aromatic N) is 1.